The first-order valence-corrected chi connectivity index (χ1v) is 10.3. The number of aryl methyl sites for hydroxylation is 2. The van der Waals surface area contributed by atoms with Crippen LogP contribution >= 0.6 is 23.4 Å². The number of carbonyl (C=O) groups excluding carboxylic acids is 1. The summed E-state index contributed by atoms with van der Waals surface area (Å²) in [6.07, 6.45) is 1.47. The molecule has 0 spiro atoms. The van der Waals surface area contributed by atoms with Crippen LogP contribution in [0.25, 0.3) is 16.7 Å². The molecule has 0 radical (unpaired) electrons. The fourth-order valence-electron chi connectivity index (χ4n) is 2.91. The highest BCUT2D eigenvalue weighted by molar-refractivity contribution is 7.99. The third-order valence-corrected chi connectivity index (χ3v) is 5.89. The van der Waals surface area contributed by atoms with Gasteiger partial charge in [-0.3, -0.25) is 19.3 Å². The maximum absolute atomic E-state index is 13.1. The van der Waals surface area contributed by atoms with Crippen molar-refractivity contribution in [3.05, 3.63) is 80.7 Å². The number of ketones is 1. The number of H-pyrrole nitrogens is 1. The Kier molecular flexibility index (Phi) is 5.25. The van der Waals surface area contributed by atoms with Crippen LogP contribution in [0.5, 0.6) is 0 Å². The summed E-state index contributed by atoms with van der Waals surface area (Å²) < 4.78 is 1.53. The van der Waals surface area contributed by atoms with Crippen molar-refractivity contribution in [3.8, 4) is 5.69 Å². The van der Waals surface area contributed by atoms with Gasteiger partial charge in [-0.1, -0.05) is 29.4 Å². The molecule has 146 valence electrons. The summed E-state index contributed by atoms with van der Waals surface area (Å²) in [5.41, 5.74) is 3.63. The fraction of sp³-hybridized carbons (Fsp3) is 0.143. The summed E-state index contributed by atoms with van der Waals surface area (Å²) >= 11 is 7.10. The highest BCUT2D eigenvalue weighted by atomic mass is 35.5. The molecular formula is C21H17ClN4O2S. The lowest BCUT2D eigenvalue weighted by atomic mass is 10.1. The number of thioether (sulfide) groups is 1. The Morgan fingerprint density at radius 1 is 1.14 bits per heavy atom. The predicted molar refractivity (Wildman–Crippen MR) is 115 cm³/mol. The molecule has 0 unspecified atom stereocenters. The van der Waals surface area contributed by atoms with E-state index in [0.717, 1.165) is 11.1 Å². The minimum Gasteiger partial charge on any atom is -0.293 e. The van der Waals surface area contributed by atoms with Gasteiger partial charge in [0.25, 0.3) is 5.56 Å². The van der Waals surface area contributed by atoms with Crippen molar-refractivity contribution in [3.63, 3.8) is 0 Å². The molecule has 4 rings (SSSR count). The van der Waals surface area contributed by atoms with Gasteiger partial charge >= 0.3 is 0 Å². The highest BCUT2D eigenvalue weighted by Gasteiger charge is 2.17. The van der Waals surface area contributed by atoms with Crippen molar-refractivity contribution in [2.45, 2.75) is 19.0 Å². The van der Waals surface area contributed by atoms with Gasteiger partial charge in [-0.25, -0.2) is 4.98 Å². The molecule has 2 aromatic heterocycles. The summed E-state index contributed by atoms with van der Waals surface area (Å²) in [5, 5.41) is 8.07. The van der Waals surface area contributed by atoms with Gasteiger partial charge in [-0.15, -0.1) is 0 Å². The predicted octanol–water partition coefficient (Wildman–Crippen LogP) is 4.35. The maximum Gasteiger partial charge on any atom is 0.269 e. The van der Waals surface area contributed by atoms with Crippen LogP contribution < -0.4 is 5.56 Å². The first kappa shape index (κ1) is 19.4. The number of aromatic amines is 1. The second kappa shape index (κ2) is 7.85. The Labute approximate surface area is 175 Å². The smallest absolute Gasteiger partial charge is 0.269 e. The Morgan fingerprint density at radius 3 is 2.62 bits per heavy atom. The first-order valence-electron chi connectivity index (χ1n) is 8.89. The molecule has 0 fully saturated rings. The third kappa shape index (κ3) is 3.83. The van der Waals surface area contributed by atoms with Gasteiger partial charge in [-0.2, -0.15) is 5.10 Å². The number of benzene rings is 2. The van der Waals surface area contributed by atoms with Gasteiger partial charge in [0.15, 0.2) is 16.6 Å². The number of nitrogens with zero attached hydrogens (tertiary/aromatic N) is 3. The maximum atomic E-state index is 13.1. The second-order valence-electron chi connectivity index (χ2n) is 6.65. The Hall–Kier alpha value is -2.90. The SMILES string of the molecule is Cc1ccc(-n2c(SCC(=O)c3ccc(Cl)cc3)nc3[nH]ncc3c2=O)cc1C. The lowest BCUT2D eigenvalue weighted by Crippen LogP contribution is -2.22. The molecule has 0 aliphatic rings. The van der Waals surface area contributed by atoms with Crippen molar-refractivity contribution in [1.29, 1.82) is 0 Å². The number of fused-ring (bicyclic) bond motifs is 1. The third-order valence-electron chi connectivity index (χ3n) is 4.70. The van der Waals surface area contributed by atoms with Crippen LogP contribution in [0.2, 0.25) is 5.02 Å². The van der Waals surface area contributed by atoms with Crippen LogP contribution in [0.4, 0.5) is 0 Å². The molecule has 0 saturated carbocycles. The van der Waals surface area contributed by atoms with E-state index in [2.05, 4.69) is 15.2 Å². The highest BCUT2D eigenvalue weighted by Crippen LogP contribution is 2.23. The van der Waals surface area contributed by atoms with Gasteiger partial charge < -0.3 is 0 Å². The van der Waals surface area contributed by atoms with Gasteiger partial charge in [0, 0.05) is 10.6 Å². The number of rotatable bonds is 5. The Bertz CT molecular complexity index is 1280. The van der Waals surface area contributed by atoms with Crippen LogP contribution in [0.15, 0.2) is 58.6 Å². The quantitative estimate of drug-likeness (QED) is 0.292. The van der Waals surface area contributed by atoms with E-state index in [-0.39, 0.29) is 17.1 Å². The lowest BCUT2D eigenvalue weighted by molar-refractivity contribution is 0.102. The zero-order valence-corrected chi connectivity index (χ0v) is 17.3. The zero-order valence-electron chi connectivity index (χ0n) is 15.8. The molecule has 1 N–H and O–H groups in total. The van der Waals surface area contributed by atoms with Crippen molar-refractivity contribution in [2.24, 2.45) is 0 Å². The van der Waals surface area contributed by atoms with Crippen LogP contribution in [-0.2, 0) is 0 Å². The van der Waals surface area contributed by atoms with E-state index in [1.807, 2.05) is 32.0 Å². The van der Waals surface area contributed by atoms with Crippen LogP contribution in [-0.4, -0.2) is 31.3 Å². The molecule has 29 heavy (non-hydrogen) atoms. The van der Waals surface area contributed by atoms with Gasteiger partial charge in [0.1, 0.15) is 5.39 Å². The average molecular weight is 425 g/mol. The van der Waals surface area contributed by atoms with E-state index >= 15 is 0 Å². The Morgan fingerprint density at radius 2 is 1.90 bits per heavy atom. The first-order chi connectivity index (χ1) is 13.9. The number of Topliss-reactive ketones (excluding diaryl/α,β-unsaturated/α-hetero) is 1. The average Bonchev–Trinajstić information content (AvgIpc) is 3.18. The molecule has 0 atom stereocenters. The second-order valence-corrected chi connectivity index (χ2v) is 8.03. The summed E-state index contributed by atoms with van der Waals surface area (Å²) in [7, 11) is 0. The standard InChI is InChI=1S/C21H17ClN4O2S/c1-12-3-8-16(9-13(12)2)26-20(28)17-10-23-25-19(17)24-21(26)29-11-18(27)14-4-6-15(22)7-5-14/h3-10H,11H2,1-2H3,(H,23,25). The van der Waals surface area contributed by atoms with Crippen molar-refractivity contribution in [2.75, 3.05) is 5.75 Å². The van der Waals surface area contributed by atoms with E-state index in [1.165, 1.54) is 22.5 Å². The van der Waals surface area contributed by atoms with Gasteiger partial charge in [0.2, 0.25) is 0 Å². The molecule has 0 aliphatic carbocycles. The number of nitrogens with one attached hydrogen (secondary N) is 1. The normalized spacial score (nSPS) is 11.1. The Balaban J connectivity index is 1.74. The van der Waals surface area contributed by atoms with Gasteiger partial charge in [-0.05, 0) is 61.4 Å². The molecule has 0 saturated heterocycles. The topological polar surface area (TPSA) is 80.6 Å². The molecule has 4 aromatic rings. The van der Waals surface area contributed by atoms with Crippen LogP contribution in [0.3, 0.4) is 0 Å². The van der Waals surface area contributed by atoms with E-state index in [1.54, 1.807) is 24.3 Å². The number of halogens is 1. The number of aromatic nitrogens is 4. The van der Waals surface area contributed by atoms with E-state index < -0.39 is 0 Å². The van der Waals surface area contributed by atoms with E-state index in [0.29, 0.717) is 32.5 Å². The van der Waals surface area contributed by atoms with Crippen molar-refractivity contribution < 1.29 is 4.79 Å². The summed E-state index contributed by atoms with van der Waals surface area (Å²) in [4.78, 5) is 30.2. The van der Waals surface area contributed by atoms with Crippen molar-refractivity contribution in [1.82, 2.24) is 19.7 Å². The summed E-state index contributed by atoms with van der Waals surface area (Å²) in [6, 6.07) is 12.5. The number of hydrogen-bond donors (Lipinski definition) is 1. The van der Waals surface area contributed by atoms with Crippen LogP contribution in [0.1, 0.15) is 21.5 Å². The van der Waals surface area contributed by atoms with Crippen molar-refractivity contribution >= 4 is 40.2 Å². The van der Waals surface area contributed by atoms with Gasteiger partial charge in [0.05, 0.1) is 17.6 Å². The zero-order chi connectivity index (χ0) is 20.5. The van der Waals surface area contributed by atoms with E-state index in [9.17, 15) is 9.59 Å². The molecule has 8 heteroatoms. The summed E-state index contributed by atoms with van der Waals surface area (Å²) in [5.74, 6) is 0.0655. The molecule has 2 aromatic carbocycles. The number of hydrogen-bond acceptors (Lipinski definition) is 5. The molecule has 0 bridgehead atoms. The van der Waals surface area contributed by atoms with Crippen LogP contribution in [0, 0.1) is 13.8 Å². The molecular weight excluding hydrogens is 408 g/mol. The largest absolute Gasteiger partial charge is 0.293 e. The molecule has 6 nitrogen and oxygen atoms in total. The lowest BCUT2D eigenvalue weighted by Gasteiger charge is -2.13. The minimum atomic E-state index is -0.228. The fourth-order valence-corrected chi connectivity index (χ4v) is 3.94. The monoisotopic (exact) mass is 424 g/mol. The number of carbonyl (C=O) groups is 1. The van der Waals surface area contributed by atoms with E-state index in [4.69, 9.17) is 11.6 Å². The minimum absolute atomic E-state index is 0.0720. The summed E-state index contributed by atoms with van der Waals surface area (Å²) in [6.45, 7) is 4.00. The molecule has 2 heterocycles. The molecule has 0 aliphatic heterocycles. The molecule has 0 amide bonds.